The number of rotatable bonds is 5. The smallest absolute Gasteiger partial charge is 0.126 e. The lowest BCUT2D eigenvalue weighted by atomic mass is 10.1. The predicted molar refractivity (Wildman–Crippen MR) is 74.6 cm³/mol. The number of nitrogens with one attached hydrogen (secondary N) is 1. The molecule has 0 saturated carbocycles. The molecule has 2 nitrogen and oxygen atoms in total. The minimum atomic E-state index is -0.454. The van der Waals surface area contributed by atoms with Gasteiger partial charge in [0, 0.05) is 17.7 Å². The number of halogens is 2. The molecule has 2 aromatic carbocycles. The van der Waals surface area contributed by atoms with E-state index >= 15 is 0 Å². The van der Waals surface area contributed by atoms with Gasteiger partial charge in [-0.05, 0) is 43.7 Å². The summed E-state index contributed by atoms with van der Waals surface area (Å²) in [6.07, 6.45) is 0.757. The molecule has 0 aromatic heterocycles. The van der Waals surface area contributed by atoms with Crippen LogP contribution in [0.4, 0.5) is 8.78 Å². The number of aromatic hydroxyl groups is 1. The molecule has 1 unspecified atom stereocenters. The van der Waals surface area contributed by atoms with E-state index in [1.165, 1.54) is 18.2 Å². The van der Waals surface area contributed by atoms with E-state index in [9.17, 15) is 13.9 Å². The summed E-state index contributed by atoms with van der Waals surface area (Å²) in [6, 6.07) is 10.3. The number of hydrogen-bond acceptors (Lipinski definition) is 2. The predicted octanol–water partition coefficient (Wildman–Crippen LogP) is 3.56. The summed E-state index contributed by atoms with van der Waals surface area (Å²) < 4.78 is 25.7. The zero-order chi connectivity index (χ0) is 14.5. The zero-order valence-corrected chi connectivity index (χ0v) is 11.2. The van der Waals surface area contributed by atoms with Crippen LogP contribution in [-0.4, -0.2) is 11.7 Å². The molecule has 0 bridgehead atoms. The molecule has 0 amide bonds. The molecule has 0 saturated heterocycles. The molecular formula is C16H17F2NO. The normalized spacial score (nSPS) is 12.3. The molecule has 0 fully saturated rings. The molecule has 0 aliphatic heterocycles. The van der Waals surface area contributed by atoms with Crippen LogP contribution in [-0.2, 0) is 6.42 Å². The van der Waals surface area contributed by atoms with Crippen molar-refractivity contribution in [3.05, 3.63) is 65.2 Å². The van der Waals surface area contributed by atoms with Crippen molar-refractivity contribution in [2.24, 2.45) is 0 Å². The van der Waals surface area contributed by atoms with Gasteiger partial charge in [-0.2, -0.15) is 0 Å². The molecule has 2 aromatic rings. The van der Waals surface area contributed by atoms with E-state index in [1.54, 1.807) is 18.2 Å². The fourth-order valence-electron chi connectivity index (χ4n) is 2.08. The van der Waals surface area contributed by atoms with Crippen molar-refractivity contribution in [1.29, 1.82) is 0 Å². The van der Waals surface area contributed by atoms with Gasteiger partial charge in [0.15, 0.2) is 0 Å². The molecular weight excluding hydrogens is 260 g/mol. The van der Waals surface area contributed by atoms with E-state index < -0.39 is 5.82 Å². The van der Waals surface area contributed by atoms with Gasteiger partial charge in [-0.3, -0.25) is 0 Å². The molecule has 4 heteroatoms. The first-order valence-electron chi connectivity index (χ1n) is 6.52. The monoisotopic (exact) mass is 277 g/mol. The molecule has 1 atom stereocenters. The molecule has 0 aliphatic rings. The Morgan fingerprint density at radius 3 is 2.35 bits per heavy atom. The third-order valence-electron chi connectivity index (χ3n) is 3.24. The standard InChI is InChI=1S/C16H17F2NO/c1-11(15-7-6-14(18)10-16(15)20)19-9-8-12-2-4-13(17)5-3-12/h2-7,10-11,19-20H,8-9H2,1H3. The Kier molecular flexibility index (Phi) is 4.69. The largest absolute Gasteiger partial charge is 0.508 e. The van der Waals surface area contributed by atoms with Gasteiger partial charge in [0.25, 0.3) is 0 Å². The van der Waals surface area contributed by atoms with Gasteiger partial charge < -0.3 is 10.4 Å². The van der Waals surface area contributed by atoms with Crippen LogP contribution in [0.3, 0.4) is 0 Å². The van der Waals surface area contributed by atoms with E-state index in [2.05, 4.69) is 5.32 Å². The van der Waals surface area contributed by atoms with Crippen LogP contribution < -0.4 is 5.32 Å². The van der Waals surface area contributed by atoms with Gasteiger partial charge >= 0.3 is 0 Å². The lowest BCUT2D eigenvalue weighted by Crippen LogP contribution is -2.21. The second kappa shape index (κ2) is 6.48. The van der Waals surface area contributed by atoms with Crippen molar-refractivity contribution >= 4 is 0 Å². The second-order valence-electron chi connectivity index (χ2n) is 4.76. The third-order valence-corrected chi connectivity index (χ3v) is 3.24. The summed E-state index contributed by atoms with van der Waals surface area (Å²) in [4.78, 5) is 0. The molecule has 2 rings (SSSR count). The maximum atomic E-state index is 12.9. The third kappa shape index (κ3) is 3.78. The summed E-state index contributed by atoms with van der Waals surface area (Å²) in [5, 5.41) is 12.9. The lowest BCUT2D eigenvalue weighted by molar-refractivity contribution is 0.447. The summed E-state index contributed by atoms with van der Waals surface area (Å²) in [6.45, 7) is 2.58. The van der Waals surface area contributed by atoms with E-state index in [1.807, 2.05) is 6.92 Å². The Morgan fingerprint density at radius 2 is 1.70 bits per heavy atom. The van der Waals surface area contributed by atoms with Gasteiger partial charge in [-0.25, -0.2) is 8.78 Å². The van der Waals surface area contributed by atoms with Crippen LogP contribution in [0.25, 0.3) is 0 Å². The van der Waals surface area contributed by atoms with Crippen molar-refractivity contribution in [2.45, 2.75) is 19.4 Å². The van der Waals surface area contributed by atoms with Gasteiger partial charge in [-0.15, -0.1) is 0 Å². The van der Waals surface area contributed by atoms with Crippen molar-refractivity contribution in [1.82, 2.24) is 5.32 Å². The fraction of sp³-hybridized carbons (Fsp3) is 0.250. The molecule has 0 heterocycles. The van der Waals surface area contributed by atoms with Crippen LogP contribution in [0.15, 0.2) is 42.5 Å². The highest BCUT2D eigenvalue weighted by Gasteiger charge is 2.10. The van der Waals surface area contributed by atoms with Gasteiger partial charge in [0.1, 0.15) is 17.4 Å². The summed E-state index contributed by atoms with van der Waals surface area (Å²) in [7, 11) is 0. The Morgan fingerprint density at radius 1 is 1.05 bits per heavy atom. The van der Waals surface area contributed by atoms with Crippen molar-refractivity contribution < 1.29 is 13.9 Å². The molecule has 106 valence electrons. The maximum absolute atomic E-state index is 12.9. The molecule has 20 heavy (non-hydrogen) atoms. The van der Waals surface area contributed by atoms with Gasteiger partial charge in [0.2, 0.25) is 0 Å². The van der Waals surface area contributed by atoms with Crippen molar-refractivity contribution in [3.8, 4) is 5.75 Å². The molecule has 0 aliphatic carbocycles. The fourth-order valence-corrected chi connectivity index (χ4v) is 2.08. The highest BCUT2D eigenvalue weighted by atomic mass is 19.1. The minimum absolute atomic E-state index is 0.0493. The number of phenolic OH excluding ortho intramolecular Hbond substituents is 1. The molecule has 0 spiro atoms. The Balaban J connectivity index is 1.88. The lowest BCUT2D eigenvalue weighted by Gasteiger charge is -2.15. The SMILES string of the molecule is CC(NCCc1ccc(F)cc1)c1ccc(F)cc1O. The minimum Gasteiger partial charge on any atom is -0.508 e. The first-order chi connectivity index (χ1) is 9.56. The Labute approximate surface area is 117 Å². The average Bonchev–Trinajstić information content (AvgIpc) is 2.41. The number of benzene rings is 2. The van der Waals surface area contributed by atoms with Gasteiger partial charge in [-0.1, -0.05) is 18.2 Å². The van der Waals surface area contributed by atoms with Crippen LogP contribution >= 0.6 is 0 Å². The highest BCUT2D eigenvalue weighted by molar-refractivity contribution is 5.34. The van der Waals surface area contributed by atoms with E-state index in [-0.39, 0.29) is 17.6 Å². The first-order valence-corrected chi connectivity index (χ1v) is 6.52. The van der Waals surface area contributed by atoms with Crippen LogP contribution in [0.5, 0.6) is 5.75 Å². The van der Waals surface area contributed by atoms with Gasteiger partial charge in [0.05, 0.1) is 0 Å². The van der Waals surface area contributed by atoms with Crippen LogP contribution in [0.1, 0.15) is 24.1 Å². The quantitative estimate of drug-likeness (QED) is 0.875. The molecule has 0 radical (unpaired) electrons. The molecule has 2 N–H and O–H groups in total. The highest BCUT2D eigenvalue weighted by Crippen LogP contribution is 2.24. The summed E-state index contributed by atoms with van der Waals surface area (Å²) in [5.41, 5.74) is 1.69. The summed E-state index contributed by atoms with van der Waals surface area (Å²) >= 11 is 0. The van der Waals surface area contributed by atoms with E-state index in [0.29, 0.717) is 12.1 Å². The summed E-state index contributed by atoms with van der Waals surface area (Å²) in [5.74, 6) is -0.747. The topological polar surface area (TPSA) is 32.3 Å². The zero-order valence-electron chi connectivity index (χ0n) is 11.2. The average molecular weight is 277 g/mol. The van der Waals surface area contributed by atoms with Crippen LogP contribution in [0.2, 0.25) is 0 Å². The Bertz CT molecular complexity index is 569. The maximum Gasteiger partial charge on any atom is 0.126 e. The van der Waals surface area contributed by atoms with E-state index in [4.69, 9.17) is 0 Å². The van der Waals surface area contributed by atoms with Crippen LogP contribution in [0, 0.1) is 11.6 Å². The second-order valence-corrected chi connectivity index (χ2v) is 4.76. The van der Waals surface area contributed by atoms with Crippen molar-refractivity contribution in [3.63, 3.8) is 0 Å². The van der Waals surface area contributed by atoms with E-state index in [0.717, 1.165) is 18.1 Å². The Hall–Kier alpha value is -1.94. The van der Waals surface area contributed by atoms with Crippen molar-refractivity contribution in [2.75, 3.05) is 6.54 Å². The first kappa shape index (κ1) is 14.5. The number of phenols is 1. The number of hydrogen-bond donors (Lipinski definition) is 2.